The van der Waals surface area contributed by atoms with Gasteiger partial charge < -0.3 is 10.4 Å². The van der Waals surface area contributed by atoms with E-state index in [4.69, 9.17) is 0 Å². The van der Waals surface area contributed by atoms with Crippen molar-refractivity contribution in [2.24, 2.45) is 0 Å². The molecule has 0 unspecified atom stereocenters. The molecule has 2 fully saturated rings. The van der Waals surface area contributed by atoms with E-state index in [0.29, 0.717) is 18.7 Å². The molecule has 2 N–H and O–H groups in total. The Morgan fingerprint density at radius 2 is 1.89 bits per heavy atom. The lowest BCUT2D eigenvalue weighted by molar-refractivity contribution is 0.0569. The second-order valence-corrected chi connectivity index (χ2v) is 10.1. The molecule has 192 valence electrons. The SMILES string of the molecule is Cc1cc(C(F)F)n2nc(C(=O)NC[C@@]3(c4ccccc4)CC[C@H](O)[C@@H](N4CCCC4)CC3)nc2n1. The molecule has 8 nitrogen and oxygen atoms in total. The van der Waals surface area contributed by atoms with Crippen molar-refractivity contribution in [3.05, 3.63) is 59.2 Å². The Morgan fingerprint density at radius 3 is 2.61 bits per heavy atom. The Kier molecular flexibility index (Phi) is 6.98. The molecule has 0 bridgehead atoms. The van der Waals surface area contributed by atoms with E-state index in [1.54, 1.807) is 6.92 Å². The Bertz CT molecular complexity index is 1210. The molecule has 36 heavy (non-hydrogen) atoms. The van der Waals surface area contributed by atoms with E-state index in [9.17, 15) is 18.7 Å². The summed E-state index contributed by atoms with van der Waals surface area (Å²) in [7, 11) is 0. The standard InChI is InChI=1S/C26H32F2N6O2/c1-17-15-20(22(27)28)34-25(30-17)31-23(32-34)24(36)29-16-26(18-7-3-2-4-8-18)11-9-19(21(35)10-12-26)33-13-5-6-14-33/h2-4,7-8,15,19,21-22,35H,5-6,9-14,16H2,1H3,(H,29,36)/t19-,21-,26-/m0/s1. The van der Waals surface area contributed by atoms with Crippen LogP contribution in [-0.2, 0) is 5.41 Å². The zero-order valence-corrected chi connectivity index (χ0v) is 20.4. The quantitative estimate of drug-likeness (QED) is 0.506. The van der Waals surface area contributed by atoms with Crippen LogP contribution in [0.4, 0.5) is 8.78 Å². The van der Waals surface area contributed by atoms with E-state index >= 15 is 0 Å². The number of nitrogens with zero attached hydrogens (tertiary/aromatic N) is 5. The van der Waals surface area contributed by atoms with Crippen LogP contribution in [-0.4, -0.2) is 67.3 Å². The largest absolute Gasteiger partial charge is 0.391 e. The summed E-state index contributed by atoms with van der Waals surface area (Å²) < 4.78 is 27.9. The number of carbonyl (C=O) groups excluding carboxylic acids is 1. The van der Waals surface area contributed by atoms with Crippen LogP contribution in [0.15, 0.2) is 36.4 Å². The van der Waals surface area contributed by atoms with Crippen molar-refractivity contribution < 1.29 is 18.7 Å². The van der Waals surface area contributed by atoms with E-state index in [1.807, 2.05) is 18.2 Å². The number of hydrogen-bond donors (Lipinski definition) is 2. The Balaban J connectivity index is 1.39. The summed E-state index contributed by atoms with van der Waals surface area (Å²) >= 11 is 0. The normalized spacial score (nSPS) is 25.4. The summed E-state index contributed by atoms with van der Waals surface area (Å²) in [6, 6.07) is 11.4. The minimum Gasteiger partial charge on any atom is -0.391 e. The maximum Gasteiger partial charge on any atom is 0.291 e. The first-order chi connectivity index (χ1) is 17.4. The topological polar surface area (TPSA) is 95.7 Å². The van der Waals surface area contributed by atoms with Gasteiger partial charge in [0.05, 0.1) is 6.10 Å². The van der Waals surface area contributed by atoms with E-state index in [2.05, 4.69) is 37.4 Å². The van der Waals surface area contributed by atoms with Crippen molar-refractivity contribution >= 4 is 11.7 Å². The summed E-state index contributed by atoms with van der Waals surface area (Å²) in [6.45, 7) is 3.97. The van der Waals surface area contributed by atoms with Gasteiger partial charge in [-0.15, -0.1) is 5.10 Å². The molecule has 5 rings (SSSR count). The minimum atomic E-state index is -2.77. The lowest BCUT2D eigenvalue weighted by atomic mass is 9.74. The van der Waals surface area contributed by atoms with Gasteiger partial charge in [0.2, 0.25) is 5.82 Å². The Hall–Kier alpha value is -2.98. The highest BCUT2D eigenvalue weighted by Gasteiger charge is 2.40. The van der Waals surface area contributed by atoms with Gasteiger partial charge in [-0.1, -0.05) is 30.3 Å². The summed E-state index contributed by atoms with van der Waals surface area (Å²) in [5, 5.41) is 18.0. The van der Waals surface area contributed by atoms with Crippen molar-refractivity contribution in [1.29, 1.82) is 0 Å². The first-order valence-electron chi connectivity index (χ1n) is 12.6. The average molecular weight is 499 g/mol. The maximum atomic E-state index is 13.5. The highest BCUT2D eigenvalue weighted by molar-refractivity contribution is 5.90. The van der Waals surface area contributed by atoms with E-state index < -0.39 is 18.4 Å². The third-order valence-electron chi connectivity index (χ3n) is 7.76. The minimum absolute atomic E-state index is 0.0285. The summed E-state index contributed by atoms with van der Waals surface area (Å²) in [5.41, 5.74) is 0.772. The molecule has 1 aromatic carbocycles. The summed E-state index contributed by atoms with van der Waals surface area (Å²) in [4.78, 5) is 23.8. The Morgan fingerprint density at radius 1 is 1.17 bits per heavy atom. The number of carbonyl (C=O) groups is 1. The molecule has 2 aliphatic rings. The third kappa shape index (κ3) is 4.84. The van der Waals surface area contributed by atoms with Gasteiger partial charge in [-0.25, -0.2) is 13.8 Å². The average Bonchev–Trinajstić information content (AvgIpc) is 3.52. The molecule has 3 aromatic rings. The number of aliphatic hydroxyl groups is 1. The molecule has 0 radical (unpaired) electrons. The predicted molar refractivity (Wildman–Crippen MR) is 130 cm³/mol. The van der Waals surface area contributed by atoms with Crippen LogP contribution in [0.1, 0.15) is 72.5 Å². The van der Waals surface area contributed by atoms with Gasteiger partial charge in [0.15, 0.2) is 0 Å². The van der Waals surface area contributed by atoms with Crippen molar-refractivity contribution in [3.8, 4) is 0 Å². The predicted octanol–water partition coefficient (Wildman–Crippen LogP) is 3.44. The molecule has 1 saturated heterocycles. The fraction of sp³-hybridized carbons (Fsp3) is 0.538. The smallest absolute Gasteiger partial charge is 0.291 e. The first kappa shape index (κ1) is 24.7. The monoisotopic (exact) mass is 498 g/mol. The molecule has 1 amide bonds. The number of fused-ring (bicyclic) bond motifs is 1. The van der Waals surface area contributed by atoms with Crippen LogP contribution in [0.25, 0.3) is 5.78 Å². The summed E-state index contributed by atoms with van der Waals surface area (Å²) in [5.74, 6) is -0.754. The molecule has 0 spiro atoms. The zero-order valence-electron chi connectivity index (χ0n) is 20.4. The van der Waals surface area contributed by atoms with E-state index in [0.717, 1.165) is 55.3 Å². The lowest BCUT2D eigenvalue weighted by Crippen LogP contribution is -2.42. The number of hydrogen-bond acceptors (Lipinski definition) is 6. The maximum absolute atomic E-state index is 13.5. The Labute approximate surface area is 208 Å². The number of benzene rings is 1. The number of aryl methyl sites for hydroxylation is 1. The fourth-order valence-corrected chi connectivity index (χ4v) is 5.81. The number of aliphatic hydroxyl groups excluding tert-OH is 1. The van der Waals surface area contributed by atoms with Crippen molar-refractivity contribution in [3.63, 3.8) is 0 Å². The molecule has 3 atom stereocenters. The van der Waals surface area contributed by atoms with Gasteiger partial charge in [0.1, 0.15) is 5.69 Å². The molecule has 3 heterocycles. The summed E-state index contributed by atoms with van der Waals surface area (Å²) in [6.07, 6.45) is 2.15. The van der Waals surface area contributed by atoms with Crippen molar-refractivity contribution in [1.82, 2.24) is 29.8 Å². The van der Waals surface area contributed by atoms with Crippen LogP contribution in [0, 0.1) is 6.92 Å². The van der Waals surface area contributed by atoms with Gasteiger partial charge in [-0.2, -0.15) is 9.50 Å². The van der Waals surface area contributed by atoms with Gasteiger partial charge in [0.25, 0.3) is 18.1 Å². The lowest BCUT2D eigenvalue weighted by Gasteiger charge is -2.34. The number of likely N-dealkylation sites (tertiary alicyclic amines) is 1. The second kappa shape index (κ2) is 10.2. The van der Waals surface area contributed by atoms with Gasteiger partial charge in [-0.3, -0.25) is 9.69 Å². The van der Waals surface area contributed by atoms with Crippen molar-refractivity contribution in [2.75, 3.05) is 19.6 Å². The number of rotatable bonds is 6. The van der Waals surface area contributed by atoms with E-state index in [-0.39, 0.29) is 28.8 Å². The van der Waals surface area contributed by atoms with Gasteiger partial charge >= 0.3 is 0 Å². The van der Waals surface area contributed by atoms with Crippen LogP contribution in [0.5, 0.6) is 0 Å². The first-order valence-corrected chi connectivity index (χ1v) is 12.6. The molecule has 2 aromatic heterocycles. The highest BCUT2D eigenvalue weighted by Crippen LogP contribution is 2.40. The fourth-order valence-electron chi connectivity index (χ4n) is 5.81. The molecular formula is C26H32F2N6O2. The van der Waals surface area contributed by atoms with Gasteiger partial charge in [-0.05, 0) is 70.2 Å². The van der Waals surface area contributed by atoms with Gasteiger partial charge in [0, 0.05) is 23.7 Å². The third-order valence-corrected chi connectivity index (χ3v) is 7.76. The number of amides is 1. The number of nitrogens with one attached hydrogen (secondary N) is 1. The molecular weight excluding hydrogens is 466 g/mol. The van der Waals surface area contributed by atoms with Crippen LogP contribution in [0.3, 0.4) is 0 Å². The van der Waals surface area contributed by atoms with Crippen molar-refractivity contribution in [2.45, 2.75) is 69.4 Å². The van der Waals surface area contributed by atoms with E-state index in [1.165, 1.54) is 6.07 Å². The number of halogens is 2. The number of alkyl halides is 2. The second-order valence-electron chi connectivity index (χ2n) is 10.1. The molecule has 1 saturated carbocycles. The molecule has 1 aliphatic carbocycles. The number of aromatic nitrogens is 4. The van der Waals surface area contributed by atoms with Crippen LogP contribution < -0.4 is 5.32 Å². The van der Waals surface area contributed by atoms with Crippen LogP contribution >= 0.6 is 0 Å². The van der Waals surface area contributed by atoms with Crippen LogP contribution in [0.2, 0.25) is 0 Å². The molecule has 1 aliphatic heterocycles. The highest BCUT2D eigenvalue weighted by atomic mass is 19.3. The molecule has 10 heteroatoms. The zero-order chi connectivity index (χ0) is 25.3.